The summed E-state index contributed by atoms with van der Waals surface area (Å²) in [6.45, 7) is 9.65. The molecule has 0 saturated carbocycles. The van der Waals surface area contributed by atoms with Crippen molar-refractivity contribution in [1.82, 2.24) is 0 Å². The monoisotopic (exact) mass is 368 g/mol. The van der Waals surface area contributed by atoms with Gasteiger partial charge in [0, 0.05) is 11.1 Å². The molecule has 0 heterocycles. The summed E-state index contributed by atoms with van der Waals surface area (Å²) in [5.74, 6) is 0.163. The Morgan fingerprint density at radius 3 is 2.56 bits per heavy atom. The van der Waals surface area contributed by atoms with Gasteiger partial charge in [0.15, 0.2) is 0 Å². The van der Waals surface area contributed by atoms with Crippen LogP contribution < -0.4 is 4.74 Å². The number of esters is 1. The molecule has 2 aromatic rings. The molecule has 0 aliphatic rings. The second-order valence-corrected chi connectivity index (χ2v) is 6.64. The van der Waals surface area contributed by atoms with Crippen LogP contribution in [0.3, 0.4) is 0 Å². The summed E-state index contributed by atoms with van der Waals surface area (Å²) >= 11 is 0. The maximum Gasteiger partial charge on any atom is 0.333 e. The lowest BCUT2D eigenvalue weighted by molar-refractivity contribution is -0.139. The molecule has 0 aliphatic carbocycles. The van der Waals surface area contributed by atoms with Gasteiger partial charge in [-0.15, -0.1) is 0 Å². The summed E-state index contributed by atoms with van der Waals surface area (Å²) in [7, 11) is 0. The largest absolute Gasteiger partial charge is 0.490 e. The fourth-order valence-corrected chi connectivity index (χ4v) is 2.89. The van der Waals surface area contributed by atoms with Crippen molar-refractivity contribution in [2.24, 2.45) is 0 Å². The van der Waals surface area contributed by atoms with E-state index in [1.807, 2.05) is 18.2 Å². The standard InChI is InChI=1S/C23H28O4/c1-5-6-18-7-10-21(17(4)13-18)19-8-9-20(15-24)22(14-19)26-11-12-27-23(25)16(2)3/h7-10,13-14,24H,2,5-6,11-12,15H2,1,3-4H3. The second-order valence-electron chi connectivity index (χ2n) is 6.64. The molecule has 0 aromatic heterocycles. The molecule has 4 heteroatoms. The van der Waals surface area contributed by atoms with Crippen molar-refractivity contribution in [3.63, 3.8) is 0 Å². The van der Waals surface area contributed by atoms with Crippen molar-refractivity contribution >= 4 is 5.97 Å². The van der Waals surface area contributed by atoms with E-state index in [0.29, 0.717) is 16.9 Å². The topological polar surface area (TPSA) is 55.8 Å². The lowest BCUT2D eigenvalue weighted by atomic mass is 9.96. The number of rotatable bonds is 9. The molecule has 2 aromatic carbocycles. The van der Waals surface area contributed by atoms with Crippen LogP contribution in [0.15, 0.2) is 48.6 Å². The molecule has 0 aliphatic heterocycles. The predicted octanol–water partition coefficient (Wildman–Crippen LogP) is 4.60. The number of hydrogen-bond acceptors (Lipinski definition) is 4. The summed E-state index contributed by atoms with van der Waals surface area (Å²) < 4.78 is 10.8. The highest BCUT2D eigenvalue weighted by Gasteiger charge is 2.09. The second kappa shape index (κ2) is 9.93. The Hall–Kier alpha value is -2.59. The summed E-state index contributed by atoms with van der Waals surface area (Å²) in [6, 6.07) is 12.3. The molecule has 2 rings (SSSR count). The first-order chi connectivity index (χ1) is 13.0. The van der Waals surface area contributed by atoms with Crippen LogP contribution in [0.4, 0.5) is 0 Å². The highest BCUT2D eigenvalue weighted by Crippen LogP contribution is 2.30. The van der Waals surface area contributed by atoms with Crippen LogP contribution >= 0.6 is 0 Å². The Morgan fingerprint density at radius 1 is 1.15 bits per heavy atom. The van der Waals surface area contributed by atoms with Crippen molar-refractivity contribution in [3.8, 4) is 16.9 Å². The van der Waals surface area contributed by atoms with Gasteiger partial charge >= 0.3 is 5.97 Å². The summed E-state index contributed by atoms with van der Waals surface area (Å²) in [6.07, 6.45) is 2.19. The van der Waals surface area contributed by atoms with Crippen molar-refractivity contribution in [1.29, 1.82) is 0 Å². The SMILES string of the molecule is C=C(C)C(=O)OCCOc1cc(-c2ccc(CCC)cc2C)ccc1CO. The maximum atomic E-state index is 11.4. The molecule has 0 radical (unpaired) electrons. The van der Waals surface area contributed by atoms with Crippen LogP contribution in [0.25, 0.3) is 11.1 Å². The van der Waals surface area contributed by atoms with Crippen LogP contribution in [0.2, 0.25) is 0 Å². The Morgan fingerprint density at radius 2 is 1.93 bits per heavy atom. The number of hydrogen-bond donors (Lipinski definition) is 1. The third-order valence-electron chi connectivity index (χ3n) is 4.30. The van der Waals surface area contributed by atoms with Gasteiger partial charge in [-0.05, 0) is 48.6 Å². The van der Waals surface area contributed by atoms with Crippen molar-refractivity contribution in [3.05, 3.63) is 65.2 Å². The van der Waals surface area contributed by atoms with Crippen LogP contribution in [0.1, 0.15) is 37.0 Å². The van der Waals surface area contributed by atoms with E-state index in [4.69, 9.17) is 9.47 Å². The number of ether oxygens (including phenoxy) is 2. The quantitative estimate of drug-likeness (QED) is 0.399. The first-order valence-corrected chi connectivity index (χ1v) is 9.25. The number of carbonyl (C=O) groups is 1. The highest BCUT2D eigenvalue weighted by molar-refractivity contribution is 5.86. The van der Waals surface area contributed by atoms with E-state index in [0.717, 1.165) is 24.0 Å². The predicted molar refractivity (Wildman–Crippen MR) is 108 cm³/mol. The van der Waals surface area contributed by atoms with Gasteiger partial charge in [-0.1, -0.05) is 50.3 Å². The summed E-state index contributed by atoms with van der Waals surface area (Å²) in [5, 5.41) is 9.57. The molecular weight excluding hydrogens is 340 g/mol. The normalized spacial score (nSPS) is 10.5. The third-order valence-corrected chi connectivity index (χ3v) is 4.30. The molecule has 0 amide bonds. The Bertz CT molecular complexity index is 808. The molecular formula is C23H28O4. The number of aliphatic hydroxyl groups excluding tert-OH is 1. The van der Waals surface area contributed by atoms with Gasteiger partial charge < -0.3 is 14.6 Å². The zero-order valence-electron chi connectivity index (χ0n) is 16.4. The molecule has 0 fully saturated rings. The van der Waals surface area contributed by atoms with Crippen molar-refractivity contribution < 1.29 is 19.4 Å². The van der Waals surface area contributed by atoms with Gasteiger partial charge in [-0.25, -0.2) is 4.79 Å². The molecule has 0 bridgehead atoms. The van der Waals surface area contributed by atoms with Crippen LogP contribution in [-0.2, 0) is 22.6 Å². The smallest absolute Gasteiger partial charge is 0.333 e. The average molecular weight is 368 g/mol. The van der Waals surface area contributed by atoms with Crippen LogP contribution in [-0.4, -0.2) is 24.3 Å². The molecule has 0 atom stereocenters. The van der Waals surface area contributed by atoms with E-state index in [-0.39, 0.29) is 19.8 Å². The number of aliphatic hydroxyl groups is 1. The van der Waals surface area contributed by atoms with Crippen molar-refractivity contribution in [2.75, 3.05) is 13.2 Å². The van der Waals surface area contributed by atoms with Gasteiger partial charge in [0.25, 0.3) is 0 Å². The minimum absolute atomic E-state index is 0.115. The zero-order valence-corrected chi connectivity index (χ0v) is 16.4. The van der Waals surface area contributed by atoms with E-state index >= 15 is 0 Å². The third kappa shape index (κ3) is 5.69. The minimum atomic E-state index is -0.433. The molecule has 0 unspecified atom stereocenters. The molecule has 144 valence electrons. The van der Waals surface area contributed by atoms with E-state index < -0.39 is 5.97 Å². The Balaban J connectivity index is 2.15. The first kappa shape index (κ1) is 20.7. The summed E-state index contributed by atoms with van der Waals surface area (Å²) in [5.41, 5.74) is 5.76. The first-order valence-electron chi connectivity index (χ1n) is 9.25. The average Bonchev–Trinajstić information content (AvgIpc) is 2.65. The van der Waals surface area contributed by atoms with Gasteiger partial charge in [0.2, 0.25) is 0 Å². The lowest BCUT2D eigenvalue weighted by Gasteiger charge is -2.14. The summed E-state index contributed by atoms with van der Waals surface area (Å²) in [4.78, 5) is 11.4. The lowest BCUT2D eigenvalue weighted by Crippen LogP contribution is -2.13. The van der Waals surface area contributed by atoms with E-state index in [1.54, 1.807) is 6.92 Å². The molecule has 27 heavy (non-hydrogen) atoms. The Kier molecular flexibility index (Phi) is 7.62. The van der Waals surface area contributed by atoms with Crippen LogP contribution in [0.5, 0.6) is 5.75 Å². The van der Waals surface area contributed by atoms with Gasteiger partial charge in [0.1, 0.15) is 19.0 Å². The van der Waals surface area contributed by atoms with Crippen molar-refractivity contribution in [2.45, 2.75) is 40.2 Å². The van der Waals surface area contributed by atoms with Gasteiger partial charge in [0.05, 0.1) is 6.61 Å². The number of aryl methyl sites for hydroxylation is 2. The molecule has 4 nitrogen and oxygen atoms in total. The number of carbonyl (C=O) groups excluding carboxylic acids is 1. The molecule has 0 spiro atoms. The van der Waals surface area contributed by atoms with E-state index in [9.17, 15) is 9.90 Å². The molecule has 1 N–H and O–H groups in total. The van der Waals surface area contributed by atoms with Crippen LogP contribution in [0, 0.1) is 6.92 Å². The van der Waals surface area contributed by atoms with Gasteiger partial charge in [-0.3, -0.25) is 0 Å². The number of benzene rings is 2. The Labute approximate surface area is 161 Å². The maximum absolute atomic E-state index is 11.4. The van der Waals surface area contributed by atoms with E-state index in [1.165, 1.54) is 11.1 Å². The highest BCUT2D eigenvalue weighted by atomic mass is 16.6. The minimum Gasteiger partial charge on any atom is -0.490 e. The fraction of sp³-hybridized carbons (Fsp3) is 0.348. The fourth-order valence-electron chi connectivity index (χ4n) is 2.89. The van der Waals surface area contributed by atoms with Gasteiger partial charge in [-0.2, -0.15) is 0 Å². The van der Waals surface area contributed by atoms with E-state index in [2.05, 4.69) is 38.6 Å². The molecule has 0 saturated heterocycles. The zero-order chi connectivity index (χ0) is 19.8.